The Bertz CT molecular complexity index is 317. The Morgan fingerprint density at radius 1 is 1.44 bits per heavy atom. The van der Waals surface area contributed by atoms with Crippen LogP contribution in [0.15, 0.2) is 12.1 Å². The minimum absolute atomic E-state index is 0.0357. The summed E-state index contributed by atoms with van der Waals surface area (Å²) in [5.41, 5.74) is 5.83. The van der Waals surface area contributed by atoms with Gasteiger partial charge in [-0.15, -0.1) is 11.3 Å². The molecule has 0 aliphatic rings. The second-order valence-electron chi connectivity index (χ2n) is 4.77. The van der Waals surface area contributed by atoms with Crippen LogP contribution < -0.4 is 5.73 Å². The lowest BCUT2D eigenvalue weighted by Crippen LogP contribution is -2.16. The van der Waals surface area contributed by atoms with Gasteiger partial charge >= 0.3 is 0 Å². The zero-order chi connectivity index (χ0) is 12.2. The van der Waals surface area contributed by atoms with Crippen LogP contribution in [0.4, 0.5) is 0 Å². The van der Waals surface area contributed by atoms with E-state index < -0.39 is 0 Å². The van der Waals surface area contributed by atoms with Gasteiger partial charge in [-0.1, -0.05) is 20.8 Å². The smallest absolute Gasteiger partial charge is 0.104 e. The molecule has 1 unspecified atom stereocenters. The first-order chi connectivity index (χ1) is 7.49. The Morgan fingerprint density at radius 3 is 2.56 bits per heavy atom. The summed E-state index contributed by atoms with van der Waals surface area (Å²) in [5, 5.41) is 8.73. The number of hydrogen-bond acceptors (Lipinski definition) is 4. The molecule has 4 heteroatoms. The van der Waals surface area contributed by atoms with Crippen LogP contribution in [-0.2, 0) is 10.2 Å². The van der Waals surface area contributed by atoms with Crippen molar-refractivity contribution in [2.45, 2.75) is 32.3 Å². The van der Waals surface area contributed by atoms with Gasteiger partial charge in [0.05, 0.1) is 13.2 Å². The summed E-state index contributed by atoms with van der Waals surface area (Å²) >= 11 is 1.74. The molecule has 0 fully saturated rings. The summed E-state index contributed by atoms with van der Waals surface area (Å²) < 4.78 is 5.49. The van der Waals surface area contributed by atoms with Crippen LogP contribution in [0, 0.1) is 0 Å². The Labute approximate surface area is 101 Å². The normalized spacial score (nSPS) is 14.1. The Morgan fingerprint density at radius 2 is 2.12 bits per heavy atom. The summed E-state index contributed by atoms with van der Waals surface area (Å²) in [5.74, 6) is 0. The Balaban J connectivity index is 2.75. The molecule has 0 saturated carbocycles. The fourth-order valence-electron chi connectivity index (χ4n) is 1.39. The lowest BCUT2D eigenvalue weighted by atomic mass is 9.95. The fraction of sp³-hybridized carbons (Fsp3) is 0.667. The molecule has 0 saturated heterocycles. The number of aliphatic hydroxyl groups excluding tert-OH is 1. The van der Waals surface area contributed by atoms with E-state index in [4.69, 9.17) is 15.6 Å². The maximum Gasteiger partial charge on any atom is 0.104 e. The van der Waals surface area contributed by atoms with Gasteiger partial charge in [-0.25, -0.2) is 0 Å². The molecule has 0 aromatic carbocycles. The molecule has 1 aromatic rings. The van der Waals surface area contributed by atoms with E-state index in [1.54, 1.807) is 11.3 Å². The lowest BCUT2D eigenvalue weighted by molar-refractivity contribution is 0.0348. The van der Waals surface area contributed by atoms with E-state index in [0.29, 0.717) is 13.2 Å². The van der Waals surface area contributed by atoms with Crippen molar-refractivity contribution in [3.05, 3.63) is 21.9 Å². The number of nitrogens with two attached hydrogens (primary N) is 1. The summed E-state index contributed by atoms with van der Waals surface area (Å²) in [4.78, 5) is 2.47. The lowest BCUT2D eigenvalue weighted by Gasteiger charge is -2.16. The van der Waals surface area contributed by atoms with E-state index in [2.05, 4.69) is 32.9 Å². The summed E-state index contributed by atoms with van der Waals surface area (Å²) in [6.07, 6.45) is -0.0896. The van der Waals surface area contributed by atoms with Gasteiger partial charge in [-0.05, 0) is 17.5 Å². The average molecular weight is 243 g/mol. The fourth-order valence-corrected chi connectivity index (χ4v) is 2.52. The summed E-state index contributed by atoms with van der Waals surface area (Å²) in [6.45, 7) is 7.39. The van der Waals surface area contributed by atoms with Crippen molar-refractivity contribution in [3.63, 3.8) is 0 Å². The summed E-state index contributed by atoms with van der Waals surface area (Å²) in [6, 6.07) is 4.20. The maximum absolute atomic E-state index is 8.73. The molecule has 1 atom stereocenters. The molecule has 1 heterocycles. The highest BCUT2D eigenvalue weighted by Crippen LogP contribution is 2.33. The van der Waals surface area contributed by atoms with E-state index in [1.165, 1.54) is 4.88 Å². The predicted molar refractivity (Wildman–Crippen MR) is 67.9 cm³/mol. The standard InChI is InChI=1S/C12H21NO2S/c1-12(2,3)11-5-4-10(16-11)9(8-13)15-7-6-14/h4-5,9,14H,6-8,13H2,1-3H3. The average Bonchev–Trinajstić information content (AvgIpc) is 2.68. The third kappa shape index (κ3) is 3.56. The van der Waals surface area contributed by atoms with Crippen LogP contribution in [0.2, 0.25) is 0 Å². The van der Waals surface area contributed by atoms with Crippen molar-refractivity contribution in [2.75, 3.05) is 19.8 Å². The summed E-state index contributed by atoms with van der Waals surface area (Å²) in [7, 11) is 0. The van der Waals surface area contributed by atoms with Crippen molar-refractivity contribution >= 4 is 11.3 Å². The zero-order valence-electron chi connectivity index (χ0n) is 10.2. The van der Waals surface area contributed by atoms with Gasteiger partial charge in [0.2, 0.25) is 0 Å². The van der Waals surface area contributed by atoms with Crippen molar-refractivity contribution in [2.24, 2.45) is 5.73 Å². The highest BCUT2D eigenvalue weighted by atomic mass is 32.1. The van der Waals surface area contributed by atoms with Gasteiger partial charge in [-0.3, -0.25) is 0 Å². The van der Waals surface area contributed by atoms with Gasteiger partial charge in [0.25, 0.3) is 0 Å². The number of thiophene rings is 1. The quantitative estimate of drug-likeness (QED) is 0.832. The molecule has 1 aromatic heterocycles. The van der Waals surface area contributed by atoms with Crippen LogP contribution in [0.25, 0.3) is 0 Å². The topological polar surface area (TPSA) is 55.5 Å². The SMILES string of the molecule is CC(C)(C)c1ccc(C(CN)OCCO)s1. The molecule has 0 spiro atoms. The Hall–Kier alpha value is -0.420. The van der Waals surface area contributed by atoms with Gasteiger partial charge < -0.3 is 15.6 Å². The van der Waals surface area contributed by atoms with Crippen molar-refractivity contribution < 1.29 is 9.84 Å². The Kier molecular flexibility index (Phi) is 4.92. The van der Waals surface area contributed by atoms with E-state index in [0.717, 1.165) is 4.88 Å². The molecule has 1 rings (SSSR count). The van der Waals surface area contributed by atoms with Gasteiger partial charge in [-0.2, -0.15) is 0 Å². The van der Waals surface area contributed by atoms with Gasteiger partial charge in [0.1, 0.15) is 6.10 Å². The number of ether oxygens (including phenoxy) is 1. The first-order valence-electron chi connectivity index (χ1n) is 5.51. The monoisotopic (exact) mass is 243 g/mol. The van der Waals surface area contributed by atoms with Gasteiger partial charge in [0.15, 0.2) is 0 Å². The van der Waals surface area contributed by atoms with E-state index in [-0.39, 0.29) is 18.1 Å². The van der Waals surface area contributed by atoms with Crippen molar-refractivity contribution in [1.29, 1.82) is 0 Å². The third-order valence-electron chi connectivity index (χ3n) is 2.31. The molecular weight excluding hydrogens is 222 g/mol. The van der Waals surface area contributed by atoms with Crippen molar-refractivity contribution in [3.8, 4) is 0 Å². The number of hydrogen-bond donors (Lipinski definition) is 2. The number of aliphatic hydroxyl groups is 1. The van der Waals surface area contributed by atoms with Crippen LogP contribution in [0.5, 0.6) is 0 Å². The highest BCUT2D eigenvalue weighted by Gasteiger charge is 2.19. The molecule has 3 N–H and O–H groups in total. The first kappa shape index (κ1) is 13.6. The van der Waals surface area contributed by atoms with Crippen LogP contribution in [0.3, 0.4) is 0 Å². The molecule has 0 aliphatic heterocycles. The van der Waals surface area contributed by atoms with Crippen LogP contribution in [-0.4, -0.2) is 24.9 Å². The molecule has 16 heavy (non-hydrogen) atoms. The molecule has 0 aliphatic carbocycles. The molecule has 0 radical (unpaired) electrons. The first-order valence-corrected chi connectivity index (χ1v) is 6.33. The highest BCUT2D eigenvalue weighted by molar-refractivity contribution is 7.12. The third-order valence-corrected chi connectivity index (χ3v) is 3.91. The minimum Gasteiger partial charge on any atom is -0.394 e. The van der Waals surface area contributed by atoms with Crippen LogP contribution in [0.1, 0.15) is 36.6 Å². The molecule has 0 bridgehead atoms. The molecule has 3 nitrogen and oxygen atoms in total. The van der Waals surface area contributed by atoms with Gasteiger partial charge in [0, 0.05) is 16.3 Å². The van der Waals surface area contributed by atoms with E-state index in [1.807, 2.05) is 0 Å². The second-order valence-corrected chi connectivity index (χ2v) is 5.89. The maximum atomic E-state index is 8.73. The largest absolute Gasteiger partial charge is 0.394 e. The van der Waals surface area contributed by atoms with E-state index in [9.17, 15) is 0 Å². The molecule has 92 valence electrons. The molecular formula is C12H21NO2S. The van der Waals surface area contributed by atoms with Crippen LogP contribution >= 0.6 is 11.3 Å². The molecule has 0 amide bonds. The van der Waals surface area contributed by atoms with E-state index >= 15 is 0 Å². The van der Waals surface area contributed by atoms with Crippen molar-refractivity contribution in [1.82, 2.24) is 0 Å². The number of rotatable bonds is 5. The minimum atomic E-state index is -0.0896. The second kappa shape index (κ2) is 5.77. The predicted octanol–water partition coefficient (Wildman–Crippen LogP) is 2.05. The zero-order valence-corrected chi connectivity index (χ0v) is 11.0.